The van der Waals surface area contributed by atoms with Gasteiger partial charge in [-0.1, -0.05) is 13.8 Å². The Bertz CT molecular complexity index is 525. The maximum absolute atomic E-state index is 12.1. The lowest BCUT2D eigenvalue weighted by atomic mass is 10.1. The van der Waals surface area contributed by atoms with E-state index >= 15 is 0 Å². The lowest BCUT2D eigenvalue weighted by Crippen LogP contribution is -2.52. The first-order valence-electron chi connectivity index (χ1n) is 7.88. The van der Waals surface area contributed by atoms with Crippen LogP contribution in [0.5, 0.6) is 0 Å². The van der Waals surface area contributed by atoms with Gasteiger partial charge in [0.1, 0.15) is 0 Å². The number of nitrogens with one attached hydrogen (secondary N) is 1. The first-order chi connectivity index (χ1) is 10.6. The summed E-state index contributed by atoms with van der Waals surface area (Å²) in [5.41, 5.74) is 1.78. The molecule has 0 atom stereocenters. The van der Waals surface area contributed by atoms with E-state index in [4.69, 9.17) is 5.26 Å². The number of benzene rings is 1. The standard InChI is InChI=1S/C17H24N4O/c1-14(2)7-8-19-17(22)21-11-9-20(10-12-21)16-5-3-15(13-18)4-6-16/h3-6,14H,7-12H2,1-2H3,(H,19,22). The van der Waals surface area contributed by atoms with Crippen molar-refractivity contribution in [3.63, 3.8) is 0 Å². The number of nitrogens with zero attached hydrogens (tertiary/aromatic N) is 3. The van der Waals surface area contributed by atoms with Crippen molar-refractivity contribution in [3.8, 4) is 6.07 Å². The fraction of sp³-hybridized carbons (Fsp3) is 0.529. The molecule has 1 aromatic carbocycles. The van der Waals surface area contributed by atoms with Crippen molar-refractivity contribution in [2.45, 2.75) is 20.3 Å². The molecule has 2 amide bonds. The van der Waals surface area contributed by atoms with Crippen LogP contribution in [0, 0.1) is 17.2 Å². The zero-order valence-electron chi connectivity index (χ0n) is 13.4. The Labute approximate surface area is 132 Å². The Balaban J connectivity index is 1.79. The van der Waals surface area contributed by atoms with Gasteiger partial charge < -0.3 is 15.1 Å². The van der Waals surface area contributed by atoms with Crippen molar-refractivity contribution >= 4 is 11.7 Å². The Morgan fingerprint density at radius 3 is 2.41 bits per heavy atom. The maximum atomic E-state index is 12.1. The highest BCUT2D eigenvalue weighted by Crippen LogP contribution is 2.17. The molecular weight excluding hydrogens is 276 g/mol. The molecule has 0 saturated carbocycles. The van der Waals surface area contributed by atoms with Crippen LogP contribution in [-0.2, 0) is 0 Å². The normalized spacial score (nSPS) is 14.8. The van der Waals surface area contributed by atoms with E-state index in [1.165, 1.54) is 0 Å². The Morgan fingerprint density at radius 1 is 1.23 bits per heavy atom. The van der Waals surface area contributed by atoms with Crippen molar-refractivity contribution in [2.24, 2.45) is 5.92 Å². The third-order valence-corrected chi connectivity index (χ3v) is 3.93. The molecule has 1 fully saturated rings. The van der Waals surface area contributed by atoms with Gasteiger partial charge in [0, 0.05) is 38.4 Å². The molecule has 0 aliphatic carbocycles. The fourth-order valence-electron chi connectivity index (χ4n) is 2.49. The molecule has 1 heterocycles. The minimum Gasteiger partial charge on any atom is -0.368 e. The molecule has 5 nitrogen and oxygen atoms in total. The summed E-state index contributed by atoms with van der Waals surface area (Å²) in [5.74, 6) is 0.605. The number of rotatable bonds is 4. The number of carbonyl (C=O) groups excluding carboxylic acids is 1. The summed E-state index contributed by atoms with van der Waals surface area (Å²) in [6.07, 6.45) is 1.01. The third-order valence-electron chi connectivity index (χ3n) is 3.93. The van der Waals surface area contributed by atoms with Gasteiger partial charge in [0.2, 0.25) is 0 Å². The molecule has 118 valence electrons. The Kier molecular flexibility index (Phi) is 5.65. The van der Waals surface area contributed by atoms with Gasteiger partial charge >= 0.3 is 6.03 Å². The lowest BCUT2D eigenvalue weighted by molar-refractivity contribution is 0.194. The van der Waals surface area contributed by atoms with Gasteiger partial charge in [-0.3, -0.25) is 0 Å². The highest BCUT2D eigenvalue weighted by atomic mass is 16.2. The van der Waals surface area contributed by atoms with E-state index in [0.717, 1.165) is 44.8 Å². The average Bonchev–Trinajstić information content (AvgIpc) is 2.54. The first kappa shape index (κ1) is 16.2. The average molecular weight is 300 g/mol. The number of urea groups is 1. The third kappa shape index (κ3) is 4.39. The molecule has 1 N–H and O–H groups in total. The maximum Gasteiger partial charge on any atom is 0.317 e. The number of amides is 2. The van der Waals surface area contributed by atoms with Crippen molar-refractivity contribution in [3.05, 3.63) is 29.8 Å². The first-order valence-corrected chi connectivity index (χ1v) is 7.88. The zero-order valence-corrected chi connectivity index (χ0v) is 13.4. The van der Waals surface area contributed by atoms with E-state index in [-0.39, 0.29) is 6.03 Å². The molecule has 0 aromatic heterocycles. The fourth-order valence-corrected chi connectivity index (χ4v) is 2.49. The molecule has 1 aliphatic rings. The summed E-state index contributed by atoms with van der Waals surface area (Å²) in [6.45, 7) is 8.16. The summed E-state index contributed by atoms with van der Waals surface area (Å²) in [5, 5.41) is 11.8. The molecule has 0 radical (unpaired) electrons. The highest BCUT2D eigenvalue weighted by molar-refractivity contribution is 5.74. The smallest absolute Gasteiger partial charge is 0.317 e. The molecule has 0 bridgehead atoms. The van der Waals surface area contributed by atoms with Crippen LogP contribution < -0.4 is 10.2 Å². The van der Waals surface area contributed by atoms with Crippen molar-refractivity contribution < 1.29 is 4.79 Å². The molecule has 5 heteroatoms. The SMILES string of the molecule is CC(C)CCNC(=O)N1CCN(c2ccc(C#N)cc2)CC1. The number of carbonyl (C=O) groups is 1. The summed E-state index contributed by atoms with van der Waals surface area (Å²) >= 11 is 0. The van der Waals surface area contributed by atoms with Gasteiger partial charge in [0.25, 0.3) is 0 Å². The van der Waals surface area contributed by atoms with Gasteiger partial charge in [-0.25, -0.2) is 4.79 Å². The van der Waals surface area contributed by atoms with E-state index in [9.17, 15) is 4.79 Å². The van der Waals surface area contributed by atoms with Crippen LogP contribution in [0.2, 0.25) is 0 Å². The van der Waals surface area contributed by atoms with Gasteiger partial charge in [-0.15, -0.1) is 0 Å². The summed E-state index contributed by atoms with van der Waals surface area (Å²) in [7, 11) is 0. The molecule has 1 aliphatic heterocycles. The van der Waals surface area contributed by atoms with Crippen molar-refractivity contribution in [1.29, 1.82) is 5.26 Å². The summed E-state index contributed by atoms with van der Waals surface area (Å²) < 4.78 is 0. The molecule has 0 unspecified atom stereocenters. The lowest BCUT2D eigenvalue weighted by Gasteiger charge is -2.36. The number of anilines is 1. The highest BCUT2D eigenvalue weighted by Gasteiger charge is 2.20. The van der Waals surface area contributed by atoms with Crippen LogP contribution >= 0.6 is 0 Å². The molecule has 2 rings (SSSR count). The molecular formula is C17H24N4O. The van der Waals surface area contributed by atoms with Gasteiger partial charge in [-0.2, -0.15) is 5.26 Å². The van der Waals surface area contributed by atoms with E-state index < -0.39 is 0 Å². The second-order valence-electron chi connectivity index (χ2n) is 6.05. The quantitative estimate of drug-likeness (QED) is 0.929. The molecule has 0 spiro atoms. The van der Waals surface area contributed by atoms with Crippen LogP contribution in [0.25, 0.3) is 0 Å². The monoisotopic (exact) mass is 300 g/mol. The van der Waals surface area contributed by atoms with Gasteiger partial charge in [0.05, 0.1) is 11.6 Å². The predicted octanol–water partition coefficient (Wildman–Crippen LogP) is 2.44. The van der Waals surface area contributed by atoms with E-state index in [1.54, 1.807) is 0 Å². The number of nitriles is 1. The zero-order chi connectivity index (χ0) is 15.9. The largest absolute Gasteiger partial charge is 0.368 e. The van der Waals surface area contributed by atoms with E-state index in [1.807, 2.05) is 29.2 Å². The van der Waals surface area contributed by atoms with Crippen molar-refractivity contribution in [2.75, 3.05) is 37.6 Å². The molecule has 1 saturated heterocycles. The molecule has 22 heavy (non-hydrogen) atoms. The van der Waals surface area contributed by atoms with Crippen molar-refractivity contribution in [1.82, 2.24) is 10.2 Å². The Morgan fingerprint density at radius 2 is 1.86 bits per heavy atom. The summed E-state index contributed by atoms with van der Waals surface area (Å²) in [4.78, 5) is 16.2. The van der Waals surface area contributed by atoms with Crippen LogP contribution in [0.4, 0.5) is 10.5 Å². The van der Waals surface area contributed by atoms with Crippen LogP contribution in [0.1, 0.15) is 25.8 Å². The van der Waals surface area contributed by atoms with Crippen LogP contribution in [-0.4, -0.2) is 43.7 Å². The topological polar surface area (TPSA) is 59.4 Å². The predicted molar refractivity (Wildman–Crippen MR) is 87.8 cm³/mol. The van der Waals surface area contributed by atoms with E-state index in [0.29, 0.717) is 11.5 Å². The minimum atomic E-state index is 0.0418. The van der Waals surface area contributed by atoms with E-state index in [2.05, 4.69) is 30.1 Å². The van der Waals surface area contributed by atoms with Crippen LogP contribution in [0.3, 0.4) is 0 Å². The Hall–Kier alpha value is -2.22. The number of hydrogen-bond acceptors (Lipinski definition) is 3. The minimum absolute atomic E-state index is 0.0418. The van der Waals surface area contributed by atoms with Crippen LogP contribution in [0.15, 0.2) is 24.3 Å². The molecule has 1 aromatic rings. The summed E-state index contributed by atoms with van der Waals surface area (Å²) in [6, 6.07) is 9.77. The van der Waals surface area contributed by atoms with Gasteiger partial charge in [0.15, 0.2) is 0 Å². The van der Waals surface area contributed by atoms with Gasteiger partial charge in [-0.05, 0) is 36.6 Å². The second kappa shape index (κ2) is 7.69. The number of piperazine rings is 1. The second-order valence-corrected chi connectivity index (χ2v) is 6.05. The number of hydrogen-bond donors (Lipinski definition) is 1.